The lowest BCUT2D eigenvalue weighted by Crippen LogP contribution is -2.39. The third-order valence-electron chi connectivity index (χ3n) is 7.90. The van der Waals surface area contributed by atoms with E-state index in [2.05, 4.69) is 35.2 Å². The molecule has 0 atom stereocenters. The van der Waals surface area contributed by atoms with Crippen LogP contribution in [0.15, 0.2) is 64.3 Å². The van der Waals surface area contributed by atoms with Crippen LogP contribution in [-0.2, 0) is 24.8 Å². The molecule has 0 radical (unpaired) electrons. The predicted molar refractivity (Wildman–Crippen MR) is 168 cm³/mol. The molecule has 210 valence electrons. The Balaban J connectivity index is 1.43. The predicted octanol–water partition coefficient (Wildman–Crippen LogP) is 5.43. The number of nitrogens with zero attached hydrogens (tertiary/aromatic N) is 4. The van der Waals surface area contributed by atoms with Gasteiger partial charge in [0.15, 0.2) is 0 Å². The van der Waals surface area contributed by atoms with E-state index in [0.29, 0.717) is 27.3 Å². The van der Waals surface area contributed by atoms with E-state index in [0.717, 1.165) is 55.0 Å². The Hall–Kier alpha value is -3.87. The summed E-state index contributed by atoms with van der Waals surface area (Å²) in [6, 6.07) is 20.2. The quantitative estimate of drug-likeness (QED) is 0.271. The van der Waals surface area contributed by atoms with Gasteiger partial charge in [0.05, 0.1) is 18.6 Å². The van der Waals surface area contributed by atoms with Crippen LogP contribution in [0.1, 0.15) is 40.7 Å². The van der Waals surface area contributed by atoms with E-state index in [4.69, 9.17) is 17.0 Å². The molecule has 41 heavy (non-hydrogen) atoms. The van der Waals surface area contributed by atoms with Crippen LogP contribution in [-0.4, -0.2) is 39.9 Å². The number of carbonyl (C=O) groups excluding carboxylic acids is 1. The molecule has 7 nitrogen and oxygen atoms in total. The number of nitriles is 1. The van der Waals surface area contributed by atoms with Crippen molar-refractivity contribution >= 4 is 46.1 Å². The third-order valence-corrected chi connectivity index (χ3v) is 9.28. The molecule has 0 saturated carbocycles. The summed E-state index contributed by atoms with van der Waals surface area (Å²) < 4.78 is 7.27. The van der Waals surface area contributed by atoms with Crippen LogP contribution < -0.4 is 15.2 Å². The van der Waals surface area contributed by atoms with Gasteiger partial charge in [0.1, 0.15) is 27.5 Å². The Morgan fingerprint density at radius 3 is 2.39 bits per heavy atom. The molecule has 3 aromatic rings. The Labute approximate surface area is 250 Å². The molecule has 0 spiro atoms. The summed E-state index contributed by atoms with van der Waals surface area (Å²) in [5.74, 6) is 1.86. The molecule has 0 aliphatic carbocycles. The summed E-state index contributed by atoms with van der Waals surface area (Å²) in [6.07, 6.45) is 4.83. The Kier molecular flexibility index (Phi) is 8.62. The summed E-state index contributed by atoms with van der Waals surface area (Å²) in [6.45, 7) is 3.71. The fourth-order valence-electron chi connectivity index (χ4n) is 5.57. The third kappa shape index (κ3) is 5.95. The number of benzene rings is 2. The fraction of sp³-hybridized carbons (Fsp3) is 0.312. The number of amides is 1. The second kappa shape index (κ2) is 12.3. The maximum atomic E-state index is 13.5. The van der Waals surface area contributed by atoms with Crippen LogP contribution in [0.4, 0.5) is 5.82 Å². The first-order valence-corrected chi connectivity index (χ1v) is 14.8. The summed E-state index contributed by atoms with van der Waals surface area (Å²) in [5, 5.41) is 9.81. The van der Waals surface area contributed by atoms with Crippen molar-refractivity contribution in [2.24, 2.45) is 13.0 Å². The SMILES string of the molecule is COc1ccc(CN2C(=O)C(=Cc3c(C)c(C#N)c(=O)n(C)c3N3CCC(Cc4ccccc4)CC3)SC2=S)cc1. The van der Waals surface area contributed by atoms with Gasteiger partial charge in [0.2, 0.25) is 0 Å². The number of hydrogen-bond donors (Lipinski definition) is 0. The first-order valence-electron chi connectivity index (χ1n) is 13.6. The molecular weight excluding hydrogens is 553 g/mol. The van der Waals surface area contributed by atoms with Gasteiger partial charge in [-0.25, -0.2) is 0 Å². The van der Waals surface area contributed by atoms with Crippen molar-refractivity contribution in [3.05, 3.63) is 97.7 Å². The van der Waals surface area contributed by atoms with Gasteiger partial charge in [-0.05, 0) is 67.0 Å². The summed E-state index contributed by atoms with van der Waals surface area (Å²) >= 11 is 6.84. The van der Waals surface area contributed by atoms with E-state index in [1.54, 1.807) is 30.5 Å². The van der Waals surface area contributed by atoms with Gasteiger partial charge in [0.25, 0.3) is 11.5 Å². The zero-order valence-corrected chi connectivity index (χ0v) is 25.1. The Morgan fingerprint density at radius 2 is 1.76 bits per heavy atom. The lowest BCUT2D eigenvalue weighted by Gasteiger charge is -2.36. The Morgan fingerprint density at radius 1 is 1.07 bits per heavy atom. The van der Waals surface area contributed by atoms with E-state index in [1.165, 1.54) is 17.3 Å². The van der Waals surface area contributed by atoms with Gasteiger partial charge in [-0.2, -0.15) is 5.26 Å². The van der Waals surface area contributed by atoms with E-state index in [9.17, 15) is 14.9 Å². The van der Waals surface area contributed by atoms with Crippen LogP contribution in [0.5, 0.6) is 5.75 Å². The molecule has 0 unspecified atom stereocenters. The molecule has 2 aliphatic rings. The minimum Gasteiger partial charge on any atom is -0.497 e. The standard InChI is InChI=1S/C32H32N4O3S2/c1-21-26(18-28-31(38)36(32(40)41-28)20-24-9-11-25(39-3)12-10-24)29(34(2)30(37)27(21)19-33)35-15-13-23(14-16-35)17-22-7-5-4-6-8-22/h4-12,18,23H,13-17,20H2,1-3H3. The first kappa shape index (κ1) is 28.7. The minimum absolute atomic E-state index is 0.0928. The number of hydrogen-bond acceptors (Lipinski definition) is 7. The molecule has 2 saturated heterocycles. The number of pyridine rings is 1. The van der Waals surface area contributed by atoms with Crippen molar-refractivity contribution in [3.8, 4) is 11.8 Å². The van der Waals surface area contributed by atoms with Crippen LogP contribution in [0.3, 0.4) is 0 Å². The zero-order valence-electron chi connectivity index (χ0n) is 23.4. The van der Waals surface area contributed by atoms with E-state index in [-0.39, 0.29) is 17.0 Å². The highest BCUT2D eigenvalue weighted by Gasteiger charge is 2.33. The van der Waals surface area contributed by atoms with Gasteiger partial charge >= 0.3 is 0 Å². The van der Waals surface area contributed by atoms with E-state index >= 15 is 0 Å². The van der Waals surface area contributed by atoms with Gasteiger partial charge in [-0.1, -0.05) is 66.4 Å². The van der Waals surface area contributed by atoms with Gasteiger partial charge in [-0.15, -0.1) is 0 Å². The molecule has 2 aromatic carbocycles. The van der Waals surface area contributed by atoms with Crippen molar-refractivity contribution in [2.75, 3.05) is 25.1 Å². The number of piperidine rings is 1. The highest BCUT2D eigenvalue weighted by Crippen LogP contribution is 2.37. The fourth-order valence-corrected chi connectivity index (χ4v) is 6.81. The largest absolute Gasteiger partial charge is 0.497 e. The van der Waals surface area contributed by atoms with E-state index in [1.807, 2.05) is 36.4 Å². The lowest BCUT2D eigenvalue weighted by atomic mass is 9.90. The molecular formula is C32H32N4O3S2. The molecule has 0 bridgehead atoms. The van der Waals surface area contributed by atoms with Gasteiger partial charge in [0, 0.05) is 25.7 Å². The topological polar surface area (TPSA) is 78.6 Å². The van der Waals surface area contributed by atoms with Crippen LogP contribution in [0, 0.1) is 24.2 Å². The van der Waals surface area contributed by atoms with Crippen molar-refractivity contribution in [1.29, 1.82) is 5.26 Å². The van der Waals surface area contributed by atoms with Gasteiger partial charge in [-0.3, -0.25) is 19.1 Å². The molecule has 1 amide bonds. The summed E-state index contributed by atoms with van der Waals surface area (Å²) in [7, 11) is 3.32. The number of rotatable bonds is 7. The van der Waals surface area contributed by atoms with Crippen LogP contribution >= 0.6 is 24.0 Å². The molecule has 5 rings (SSSR count). The van der Waals surface area contributed by atoms with Gasteiger partial charge < -0.3 is 9.64 Å². The maximum Gasteiger partial charge on any atom is 0.270 e. The monoisotopic (exact) mass is 584 g/mol. The summed E-state index contributed by atoms with van der Waals surface area (Å²) in [4.78, 5) is 31.0. The van der Waals surface area contributed by atoms with Crippen molar-refractivity contribution < 1.29 is 9.53 Å². The maximum absolute atomic E-state index is 13.5. The number of thioether (sulfide) groups is 1. The smallest absolute Gasteiger partial charge is 0.270 e. The minimum atomic E-state index is -0.324. The average molecular weight is 585 g/mol. The number of anilines is 1. The molecule has 3 heterocycles. The normalized spacial score (nSPS) is 16.9. The average Bonchev–Trinajstić information content (AvgIpc) is 3.25. The Bertz CT molecular complexity index is 1600. The molecule has 2 aliphatic heterocycles. The van der Waals surface area contributed by atoms with Crippen molar-refractivity contribution in [1.82, 2.24) is 9.47 Å². The first-order chi connectivity index (χ1) is 19.8. The molecule has 2 fully saturated rings. The number of ether oxygens (including phenoxy) is 1. The molecule has 1 aromatic heterocycles. The molecule has 9 heteroatoms. The second-order valence-corrected chi connectivity index (χ2v) is 12.1. The van der Waals surface area contributed by atoms with Crippen molar-refractivity contribution in [2.45, 2.75) is 32.7 Å². The molecule has 0 N–H and O–H groups in total. The number of thiocarbonyl (C=S) groups is 1. The van der Waals surface area contributed by atoms with Crippen LogP contribution in [0.2, 0.25) is 0 Å². The number of methoxy groups -OCH3 is 1. The second-order valence-electron chi connectivity index (χ2n) is 10.4. The highest BCUT2D eigenvalue weighted by molar-refractivity contribution is 8.26. The zero-order chi connectivity index (χ0) is 29.1. The van der Waals surface area contributed by atoms with Crippen molar-refractivity contribution in [3.63, 3.8) is 0 Å². The number of aromatic nitrogens is 1. The van der Waals surface area contributed by atoms with E-state index < -0.39 is 0 Å². The summed E-state index contributed by atoms with van der Waals surface area (Å²) in [5.41, 5.74) is 3.34. The lowest BCUT2D eigenvalue weighted by molar-refractivity contribution is -0.122. The number of carbonyl (C=O) groups is 1. The highest BCUT2D eigenvalue weighted by atomic mass is 32.2. The van der Waals surface area contributed by atoms with Crippen LogP contribution in [0.25, 0.3) is 6.08 Å².